The fourth-order valence-electron chi connectivity index (χ4n) is 2.18. The normalized spacial score (nSPS) is 12.8. The van der Waals surface area contributed by atoms with E-state index in [2.05, 4.69) is 10.2 Å². The Kier molecular flexibility index (Phi) is 3.82. The number of aromatic nitrogens is 4. The first-order valence-electron chi connectivity index (χ1n) is 6.60. The maximum atomic E-state index is 13.3. The van der Waals surface area contributed by atoms with E-state index in [1.165, 1.54) is 16.9 Å². The van der Waals surface area contributed by atoms with Crippen LogP contribution in [0, 0.1) is 0 Å². The molecule has 3 rings (SSSR count). The van der Waals surface area contributed by atoms with E-state index >= 15 is 0 Å². The molecule has 0 aromatic carbocycles. The smallest absolute Gasteiger partial charge is 0.383 e. The van der Waals surface area contributed by atoms with Gasteiger partial charge in [0.15, 0.2) is 11.5 Å². The van der Waals surface area contributed by atoms with Crippen molar-refractivity contribution in [1.29, 1.82) is 0 Å². The summed E-state index contributed by atoms with van der Waals surface area (Å²) in [5.74, 6) is -0.425. The van der Waals surface area contributed by atoms with Gasteiger partial charge in [0.25, 0.3) is 0 Å². The molecule has 0 aliphatic heterocycles. The van der Waals surface area contributed by atoms with E-state index in [1.54, 1.807) is 7.05 Å². The van der Waals surface area contributed by atoms with Crippen molar-refractivity contribution in [2.75, 3.05) is 5.73 Å². The lowest BCUT2D eigenvalue weighted by Gasteiger charge is -2.05. The number of hydrogen-bond donors (Lipinski definition) is 1. The number of thiophene rings is 1. The average Bonchev–Trinajstić information content (AvgIpc) is 3.14. The first-order valence-corrected chi connectivity index (χ1v) is 7.48. The monoisotopic (exact) mass is 381 g/mol. The number of rotatable bonds is 2. The van der Waals surface area contributed by atoms with Crippen LogP contribution in [0.1, 0.15) is 11.3 Å². The van der Waals surface area contributed by atoms with E-state index in [4.69, 9.17) is 5.73 Å². The summed E-state index contributed by atoms with van der Waals surface area (Å²) < 4.78 is 80.3. The third kappa shape index (κ3) is 3.08. The van der Waals surface area contributed by atoms with E-state index in [9.17, 15) is 26.3 Å². The molecule has 0 spiro atoms. The minimum absolute atomic E-state index is 0.0179. The third-order valence-corrected chi connectivity index (χ3v) is 4.23. The van der Waals surface area contributed by atoms with Crippen LogP contribution in [0.2, 0.25) is 0 Å². The third-order valence-electron chi connectivity index (χ3n) is 3.28. The Bertz CT molecular complexity index is 916. The second-order valence-electron chi connectivity index (χ2n) is 5.06. The van der Waals surface area contributed by atoms with E-state index < -0.39 is 35.0 Å². The van der Waals surface area contributed by atoms with Gasteiger partial charge in [-0.05, 0) is 6.07 Å². The maximum absolute atomic E-state index is 13.3. The van der Waals surface area contributed by atoms with Gasteiger partial charge in [-0.2, -0.15) is 41.2 Å². The highest BCUT2D eigenvalue weighted by Crippen LogP contribution is 2.44. The van der Waals surface area contributed by atoms with E-state index in [-0.39, 0.29) is 10.7 Å². The molecule has 12 heteroatoms. The molecule has 134 valence electrons. The maximum Gasteiger partial charge on any atom is 0.435 e. The molecule has 0 unspecified atom stereocenters. The molecule has 0 fully saturated rings. The zero-order chi connectivity index (χ0) is 18.6. The van der Waals surface area contributed by atoms with E-state index in [0.717, 1.165) is 10.1 Å². The van der Waals surface area contributed by atoms with Gasteiger partial charge in [-0.3, -0.25) is 4.68 Å². The van der Waals surface area contributed by atoms with Gasteiger partial charge < -0.3 is 5.73 Å². The molecule has 3 aromatic heterocycles. The summed E-state index contributed by atoms with van der Waals surface area (Å²) in [5.41, 5.74) is 2.75. The van der Waals surface area contributed by atoms with Crippen LogP contribution in [0.15, 0.2) is 23.7 Å². The predicted molar refractivity (Wildman–Crippen MR) is 78.1 cm³/mol. The Morgan fingerprint density at radius 2 is 1.76 bits per heavy atom. The molecular weight excluding hydrogens is 372 g/mol. The fraction of sp³-hybridized carbons (Fsp3) is 0.231. The molecule has 0 saturated carbocycles. The standard InChI is InChI=1S/C13H9F6N5S/c1-23-3-2-8(21-23)24-11(20)9(10(22-24)13(17,18)19)7-4-6(5-25-7)12(14,15)16/h2-5H,20H2,1H3. The van der Waals surface area contributed by atoms with Crippen molar-refractivity contribution in [3.8, 4) is 16.3 Å². The molecule has 3 aromatic rings. The number of halogens is 6. The second-order valence-corrected chi connectivity index (χ2v) is 5.97. The van der Waals surface area contributed by atoms with Gasteiger partial charge in [0.2, 0.25) is 0 Å². The highest BCUT2D eigenvalue weighted by molar-refractivity contribution is 7.13. The lowest BCUT2D eigenvalue weighted by Crippen LogP contribution is -2.09. The zero-order valence-electron chi connectivity index (χ0n) is 12.4. The van der Waals surface area contributed by atoms with Crippen molar-refractivity contribution in [2.24, 2.45) is 7.05 Å². The van der Waals surface area contributed by atoms with E-state index in [1.807, 2.05) is 0 Å². The van der Waals surface area contributed by atoms with Crippen molar-refractivity contribution in [1.82, 2.24) is 19.6 Å². The Morgan fingerprint density at radius 3 is 2.24 bits per heavy atom. The van der Waals surface area contributed by atoms with Crippen molar-refractivity contribution < 1.29 is 26.3 Å². The van der Waals surface area contributed by atoms with Gasteiger partial charge in [-0.1, -0.05) is 0 Å². The minimum atomic E-state index is -4.90. The molecule has 2 N–H and O–H groups in total. The van der Waals surface area contributed by atoms with Crippen LogP contribution < -0.4 is 5.73 Å². The summed E-state index contributed by atoms with van der Waals surface area (Å²) in [6.45, 7) is 0. The molecule has 5 nitrogen and oxygen atoms in total. The van der Waals surface area contributed by atoms with Crippen LogP contribution in [0.5, 0.6) is 0 Å². The number of nitrogens with two attached hydrogens (primary N) is 1. The summed E-state index contributed by atoms with van der Waals surface area (Å²) in [6.07, 6.45) is -8.10. The first-order chi connectivity index (χ1) is 11.5. The largest absolute Gasteiger partial charge is 0.435 e. The van der Waals surface area contributed by atoms with Crippen LogP contribution in [0.4, 0.5) is 32.2 Å². The number of nitrogen functional groups attached to an aromatic ring is 1. The summed E-state index contributed by atoms with van der Waals surface area (Å²) in [7, 11) is 1.55. The van der Waals surface area contributed by atoms with Crippen LogP contribution in [-0.2, 0) is 19.4 Å². The summed E-state index contributed by atoms with van der Waals surface area (Å²) in [4.78, 5) is -0.278. The van der Waals surface area contributed by atoms with Crippen molar-refractivity contribution in [2.45, 2.75) is 12.4 Å². The molecular formula is C13H9F6N5S. The lowest BCUT2D eigenvalue weighted by atomic mass is 10.1. The van der Waals surface area contributed by atoms with Gasteiger partial charge in [0.05, 0.1) is 11.1 Å². The number of hydrogen-bond acceptors (Lipinski definition) is 4. The van der Waals surface area contributed by atoms with Crippen LogP contribution in [0.3, 0.4) is 0 Å². The molecule has 0 radical (unpaired) electrons. The molecule has 0 atom stereocenters. The molecule has 0 aliphatic rings. The second kappa shape index (κ2) is 5.51. The summed E-state index contributed by atoms with van der Waals surface area (Å²) >= 11 is 0.509. The molecule has 0 amide bonds. The van der Waals surface area contributed by atoms with Gasteiger partial charge >= 0.3 is 12.4 Å². The van der Waals surface area contributed by atoms with Crippen molar-refractivity contribution >= 4 is 17.2 Å². The van der Waals surface area contributed by atoms with E-state index in [0.29, 0.717) is 17.4 Å². The summed E-state index contributed by atoms with van der Waals surface area (Å²) in [5, 5.41) is 8.07. The van der Waals surface area contributed by atoms with Crippen molar-refractivity contribution in [3.63, 3.8) is 0 Å². The predicted octanol–water partition coefficient (Wildman–Crippen LogP) is 3.95. The van der Waals surface area contributed by atoms with Crippen LogP contribution in [-0.4, -0.2) is 19.6 Å². The Hall–Kier alpha value is -2.50. The molecule has 0 saturated heterocycles. The highest BCUT2D eigenvalue weighted by atomic mass is 32.1. The molecule has 0 aliphatic carbocycles. The van der Waals surface area contributed by atoms with Gasteiger partial charge in [0, 0.05) is 29.6 Å². The SMILES string of the molecule is Cn1ccc(-n2nc(C(F)(F)F)c(-c3cc(C(F)(F)F)cs3)c2N)n1. The Labute approximate surface area is 140 Å². The average molecular weight is 381 g/mol. The fourth-order valence-corrected chi connectivity index (χ4v) is 3.15. The van der Waals surface area contributed by atoms with Gasteiger partial charge in [-0.15, -0.1) is 11.3 Å². The first kappa shape index (κ1) is 17.3. The number of anilines is 1. The van der Waals surface area contributed by atoms with Gasteiger partial charge in [-0.25, -0.2) is 0 Å². The highest BCUT2D eigenvalue weighted by Gasteiger charge is 2.41. The Balaban J connectivity index is 2.21. The van der Waals surface area contributed by atoms with Gasteiger partial charge in [0.1, 0.15) is 5.82 Å². The number of alkyl halides is 6. The Morgan fingerprint density at radius 1 is 1.08 bits per heavy atom. The number of aryl methyl sites for hydroxylation is 1. The summed E-state index contributed by atoms with van der Waals surface area (Å²) in [6, 6.07) is 2.00. The molecule has 25 heavy (non-hydrogen) atoms. The lowest BCUT2D eigenvalue weighted by molar-refractivity contribution is -0.140. The molecule has 0 bridgehead atoms. The zero-order valence-corrected chi connectivity index (χ0v) is 13.2. The van der Waals surface area contributed by atoms with Crippen molar-refractivity contribution in [3.05, 3.63) is 35.0 Å². The number of nitrogens with zero attached hydrogens (tertiary/aromatic N) is 4. The van der Waals surface area contributed by atoms with Crippen LogP contribution in [0.25, 0.3) is 16.3 Å². The molecule has 3 heterocycles. The van der Waals surface area contributed by atoms with Crippen LogP contribution >= 0.6 is 11.3 Å². The minimum Gasteiger partial charge on any atom is -0.383 e. The topological polar surface area (TPSA) is 61.7 Å². The quantitative estimate of drug-likeness (QED) is 0.684.